The number of carbonyl (C=O) groups is 2. The van der Waals surface area contributed by atoms with Crippen LogP contribution in [0.1, 0.15) is 52.0 Å². The van der Waals surface area contributed by atoms with E-state index in [9.17, 15) is 18.8 Å². The molecule has 166 valence electrons. The molecule has 1 aromatic carbocycles. The summed E-state index contributed by atoms with van der Waals surface area (Å²) in [6.45, 7) is 2.02. The molecule has 2 aromatic rings. The van der Waals surface area contributed by atoms with E-state index >= 15 is 0 Å². The van der Waals surface area contributed by atoms with Crippen LogP contribution in [0.25, 0.3) is 0 Å². The minimum atomic E-state index is -1.17. The molecule has 0 spiro atoms. The molecule has 0 aliphatic carbocycles. The van der Waals surface area contributed by atoms with Gasteiger partial charge in [-0.25, -0.2) is 4.39 Å². The van der Waals surface area contributed by atoms with Gasteiger partial charge in [0.1, 0.15) is 11.2 Å². The van der Waals surface area contributed by atoms with Gasteiger partial charge in [0, 0.05) is 26.3 Å². The number of H-pyrrole nitrogens is 1. The average Bonchev–Trinajstić information content (AvgIpc) is 2.77. The van der Waals surface area contributed by atoms with Crippen LogP contribution in [0, 0.1) is 0 Å². The Morgan fingerprint density at radius 3 is 2.61 bits per heavy atom. The lowest BCUT2D eigenvalue weighted by Crippen LogP contribution is -2.39. The normalized spacial score (nSPS) is 15.3. The average molecular weight is 429 g/mol. The highest BCUT2D eigenvalue weighted by atomic mass is 19.1. The lowest BCUT2D eigenvalue weighted by Gasteiger charge is -2.30. The summed E-state index contributed by atoms with van der Waals surface area (Å²) in [5.74, 6) is -0.876. The number of amides is 2. The maximum Gasteiger partial charge on any atom is 0.260 e. The largest absolute Gasteiger partial charge is 0.352 e. The van der Waals surface area contributed by atoms with Gasteiger partial charge in [-0.1, -0.05) is 30.3 Å². The van der Waals surface area contributed by atoms with Gasteiger partial charge in [-0.3, -0.25) is 14.4 Å². The van der Waals surface area contributed by atoms with Gasteiger partial charge in [-0.2, -0.15) is 0 Å². The van der Waals surface area contributed by atoms with E-state index in [1.165, 1.54) is 17.2 Å². The molecule has 0 bridgehead atoms. The van der Waals surface area contributed by atoms with E-state index < -0.39 is 23.0 Å². The number of alkyl halides is 1. The van der Waals surface area contributed by atoms with E-state index in [1.807, 2.05) is 30.3 Å². The number of pyridine rings is 1. The Hall–Kier alpha value is -3.00. The Labute approximate surface area is 181 Å². The summed E-state index contributed by atoms with van der Waals surface area (Å²) in [5.41, 5.74) is -0.692. The maximum atomic E-state index is 14.6. The SMILES string of the molecule is CN(Cc1ccccc1)C(=O)c1cc(C(=O)NCCCC2(F)CCNCC2)c[nH]c1=O. The second-order valence-corrected chi connectivity index (χ2v) is 8.04. The zero-order valence-electron chi connectivity index (χ0n) is 17.7. The second kappa shape index (κ2) is 10.3. The molecule has 0 atom stereocenters. The number of nitrogens with zero attached hydrogens (tertiary/aromatic N) is 1. The van der Waals surface area contributed by atoms with Crippen molar-refractivity contribution in [1.82, 2.24) is 20.5 Å². The first-order valence-corrected chi connectivity index (χ1v) is 10.6. The zero-order chi connectivity index (χ0) is 22.3. The third-order valence-corrected chi connectivity index (χ3v) is 5.59. The van der Waals surface area contributed by atoms with Gasteiger partial charge in [0.05, 0.1) is 5.56 Å². The summed E-state index contributed by atoms with van der Waals surface area (Å²) in [4.78, 5) is 41.3. The van der Waals surface area contributed by atoms with E-state index in [2.05, 4.69) is 15.6 Å². The molecule has 1 fully saturated rings. The summed E-state index contributed by atoms with van der Waals surface area (Å²) >= 11 is 0. The molecule has 0 radical (unpaired) electrons. The minimum absolute atomic E-state index is 0.0940. The van der Waals surface area contributed by atoms with Crippen LogP contribution in [0.2, 0.25) is 0 Å². The number of rotatable bonds is 8. The van der Waals surface area contributed by atoms with Crippen LogP contribution >= 0.6 is 0 Å². The molecule has 1 aliphatic heterocycles. The van der Waals surface area contributed by atoms with Crippen molar-refractivity contribution in [1.29, 1.82) is 0 Å². The van der Waals surface area contributed by atoms with Crippen LogP contribution in [0.3, 0.4) is 0 Å². The van der Waals surface area contributed by atoms with E-state index in [0.717, 1.165) is 5.56 Å². The fraction of sp³-hybridized carbons (Fsp3) is 0.435. The van der Waals surface area contributed by atoms with Gasteiger partial charge in [-0.05, 0) is 50.4 Å². The monoisotopic (exact) mass is 428 g/mol. The third kappa shape index (κ3) is 6.24. The predicted molar refractivity (Wildman–Crippen MR) is 117 cm³/mol. The number of nitrogens with one attached hydrogen (secondary N) is 3. The van der Waals surface area contributed by atoms with Crippen molar-refractivity contribution in [2.45, 2.75) is 37.9 Å². The molecule has 0 saturated carbocycles. The molecule has 1 aromatic heterocycles. The third-order valence-electron chi connectivity index (χ3n) is 5.59. The van der Waals surface area contributed by atoms with Gasteiger partial charge in [-0.15, -0.1) is 0 Å². The Morgan fingerprint density at radius 1 is 1.19 bits per heavy atom. The second-order valence-electron chi connectivity index (χ2n) is 8.04. The molecular weight excluding hydrogens is 399 g/mol. The number of carbonyl (C=O) groups excluding carboxylic acids is 2. The van der Waals surface area contributed by atoms with E-state index in [0.29, 0.717) is 51.9 Å². The summed E-state index contributed by atoms with van der Waals surface area (Å²) < 4.78 is 14.6. The molecule has 3 rings (SSSR count). The van der Waals surface area contributed by atoms with Crippen molar-refractivity contribution >= 4 is 11.8 Å². The Morgan fingerprint density at radius 2 is 1.90 bits per heavy atom. The van der Waals surface area contributed by atoms with Crippen LogP contribution in [-0.4, -0.2) is 54.0 Å². The maximum absolute atomic E-state index is 14.6. The highest BCUT2D eigenvalue weighted by Gasteiger charge is 2.30. The van der Waals surface area contributed by atoms with Gasteiger partial charge in [0.25, 0.3) is 17.4 Å². The van der Waals surface area contributed by atoms with Crippen molar-refractivity contribution in [2.75, 3.05) is 26.7 Å². The highest BCUT2D eigenvalue weighted by molar-refractivity contribution is 5.99. The molecule has 2 amide bonds. The zero-order valence-corrected chi connectivity index (χ0v) is 17.7. The molecule has 1 saturated heterocycles. The molecule has 3 N–H and O–H groups in total. The van der Waals surface area contributed by atoms with E-state index in [1.54, 1.807) is 7.05 Å². The predicted octanol–water partition coefficient (Wildman–Crippen LogP) is 2.25. The van der Waals surface area contributed by atoms with Crippen molar-refractivity contribution < 1.29 is 14.0 Å². The van der Waals surface area contributed by atoms with Gasteiger partial charge >= 0.3 is 0 Å². The Balaban J connectivity index is 1.57. The summed E-state index contributed by atoms with van der Waals surface area (Å²) in [6.07, 6.45) is 3.19. The number of aromatic nitrogens is 1. The smallest absolute Gasteiger partial charge is 0.260 e. The summed E-state index contributed by atoms with van der Waals surface area (Å²) in [5, 5.41) is 5.88. The molecule has 31 heavy (non-hydrogen) atoms. The van der Waals surface area contributed by atoms with Crippen LogP contribution < -0.4 is 16.2 Å². The number of aromatic amines is 1. The van der Waals surface area contributed by atoms with Crippen molar-refractivity contribution in [3.63, 3.8) is 0 Å². The molecule has 2 heterocycles. The first-order valence-electron chi connectivity index (χ1n) is 10.6. The first kappa shape index (κ1) is 22.7. The Kier molecular flexibility index (Phi) is 7.57. The van der Waals surface area contributed by atoms with Crippen LogP contribution in [0.15, 0.2) is 47.4 Å². The number of hydrogen-bond acceptors (Lipinski definition) is 4. The molecular formula is C23H29FN4O3. The fourth-order valence-corrected chi connectivity index (χ4v) is 3.74. The number of halogens is 1. The topological polar surface area (TPSA) is 94.3 Å². The fourth-order valence-electron chi connectivity index (χ4n) is 3.74. The van der Waals surface area contributed by atoms with Crippen molar-refractivity contribution in [3.8, 4) is 0 Å². The summed E-state index contributed by atoms with van der Waals surface area (Å²) in [6, 6.07) is 10.7. The quantitative estimate of drug-likeness (QED) is 0.562. The minimum Gasteiger partial charge on any atom is -0.352 e. The lowest BCUT2D eigenvalue weighted by molar-refractivity contribution is 0.0783. The van der Waals surface area contributed by atoms with Crippen LogP contribution in [0.5, 0.6) is 0 Å². The lowest BCUT2D eigenvalue weighted by atomic mass is 9.90. The van der Waals surface area contributed by atoms with Gasteiger partial charge < -0.3 is 20.5 Å². The number of hydrogen-bond donors (Lipinski definition) is 3. The van der Waals surface area contributed by atoms with Gasteiger partial charge in [0.15, 0.2) is 0 Å². The Bertz CT molecular complexity index is 955. The van der Waals surface area contributed by atoms with Crippen molar-refractivity contribution in [2.24, 2.45) is 0 Å². The van der Waals surface area contributed by atoms with E-state index in [4.69, 9.17) is 0 Å². The first-order chi connectivity index (χ1) is 14.9. The molecule has 1 aliphatic rings. The van der Waals surface area contributed by atoms with Crippen LogP contribution in [-0.2, 0) is 6.54 Å². The van der Waals surface area contributed by atoms with Crippen molar-refractivity contribution in [3.05, 3.63) is 69.6 Å². The number of piperidine rings is 1. The molecule has 0 unspecified atom stereocenters. The highest BCUT2D eigenvalue weighted by Crippen LogP contribution is 2.28. The number of benzene rings is 1. The van der Waals surface area contributed by atoms with Crippen LogP contribution in [0.4, 0.5) is 4.39 Å². The standard InChI is InChI=1S/C23H29FN4O3/c1-28(16-17-6-3-2-4-7-17)22(31)19-14-18(15-27-21(19)30)20(29)26-11-5-8-23(24)9-12-25-13-10-23/h2-4,6-7,14-15,25H,5,8-13,16H2,1H3,(H,26,29)(H,27,30). The van der Waals surface area contributed by atoms with Gasteiger partial charge in [0.2, 0.25) is 0 Å². The molecule has 7 nitrogen and oxygen atoms in total. The molecule has 8 heteroatoms. The van der Waals surface area contributed by atoms with E-state index in [-0.39, 0.29) is 11.1 Å². The summed E-state index contributed by atoms with van der Waals surface area (Å²) in [7, 11) is 1.61.